The summed E-state index contributed by atoms with van der Waals surface area (Å²) in [5, 5.41) is 17.4. The average molecular weight is 902 g/mol. The molecule has 0 unspecified atom stereocenters. The predicted molar refractivity (Wildman–Crippen MR) is 233 cm³/mol. The van der Waals surface area contributed by atoms with Crippen molar-refractivity contribution in [3.05, 3.63) is 42.5 Å². The van der Waals surface area contributed by atoms with Crippen molar-refractivity contribution in [2.75, 3.05) is 40.5 Å². The molecular weight excluding hydrogens is 835 g/mol. The number of nitrogens with zero attached hydrogens (tertiary/aromatic N) is 2. The number of hydrogen-bond donors (Lipinski definition) is 2. The van der Waals surface area contributed by atoms with Crippen LogP contribution in [-0.2, 0) is 57.7 Å². The first kappa shape index (κ1) is 48.9. The number of oxime groups is 1. The van der Waals surface area contributed by atoms with Crippen LogP contribution in [0.25, 0.3) is 10.8 Å². The van der Waals surface area contributed by atoms with E-state index in [-0.39, 0.29) is 62.0 Å². The second-order valence-corrected chi connectivity index (χ2v) is 20.4. The molecule has 0 aromatic heterocycles. The van der Waals surface area contributed by atoms with Crippen molar-refractivity contribution in [1.82, 2.24) is 9.62 Å². The van der Waals surface area contributed by atoms with Gasteiger partial charge in [0.05, 0.1) is 54.4 Å². The van der Waals surface area contributed by atoms with Crippen LogP contribution >= 0.6 is 0 Å². The lowest BCUT2D eigenvalue weighted by atomic mass is 9.70. The third kappa shape index (κ3) is 10.5. The number of likely N-dealkylation sites (N-methyl/N-ethyl adjacent to an activating group) is 1. The molecule has 4 fully saturated rings. The Morgan fingerprint density at radius 2 is 1.70 bits per heavy atom. The Hall–Kier alpha value is -3.55. The number of nitrogens with one attached hydrogen (secondary N) is 1. The van der Waals surface area contributed by atoms with Crippen LogP contribution in [0.2, 0.25) is 0 Å². The normalized spacial score (nSPS) is 38.0. The summed E-state index contributed by atoms with van der Waals surface area (Å²) in [6, 6.07) is 12.0. The first-order chi connectivity index (χ1) is 29.7. The third-order valence-electron chi connectivity index (χ3n) is 13.7. The van der Waals surface area contributed by atoms with E-state index >= 15 is 0 Å². The minimum Gasteiger partial charge on any atom is -0.458 e. The number of esters is 2. The number of aliphatic hydroxyl groups excluding tert-OH is 1. The number of ketones is 1. The highest BCUT2D eigenvalue weighted by atomic mass is 32.2. The molecule has 0 radical (unpaired) electrons. The van der Waals surface area contributed by atoms with Gasteiger partial charge in [-0.2, -0.15) is 0 Å². The Balaban J connectivity index is 1.33. The van der Waals surface area contributed by atoms with Crippen molar-refractivity contribution in [3.8, 4) is 0 Å². The molecular formula is C46H67N3O13S. The van der Waals surface area contributed by atoms with Crippen LogP contribution in [0.1, 0.15) is 81.1 Å². The molecule has 2 bridgehead atoms. The van der Waals surface area contributed by atoms with E-state index in [2.05, 4.69) is 9.88 Å². The Bertz CT molecular complexity index is 2100. The number of aliphatic hydroxyl groups is 1. The van der Waals surface area contributed by atoms with Gasteiger partial charge in [0.15, 0.2) is 6.29 Å². The summed E-state index contributed by atoms with van der Waals surface area (Å²) in [6.07, 6.45) is -4.13. The molecule has 2 N–H and O–H groups in total. The molecule has 17 heteroatoms. The van der Waals surface area contributed by atoms with Crippen LogP contribution in [0, 0.1) is 29.6 Å². The van der Waals surface area contributed by atoms with Gasteiger partial charge in [0.25, 0.3) is 0 Å². The summed E-state index contributed by atoms with van der Waals surface area (Å²) < 4.78 is 68.1. The monoisotopic (exact) mass is 901 g/mol. The Labute approximate surface area is 371 Å². The number of ether oxygens (including phenoxy) is 6. The summed E-state index contributed by atoms with van der Waals surface area (Å²) in [5.41, 5.74) is -2.27. The SMILES string of the molecule is CC[C@H]1OC(=O)[C@H](C)[C@H]2OC/C(=N/OCCNS(=O)(=O)c3cccc4ccccc34)CO[C@](C)(C[C@@H](C)C(=O)[C@H](C)[C@@H]3CC(=O)O[C@]13C)[C@H](O[C@@H]1O[C@H](C)C[C@H](N(C)C)[C@H]1O)[C@H]2C. The van der Waals surface area contributed by atoms with E-state index in [0.29, 0.717) is 23.9 Å². The summed E-state index contributed by atoms with van der Waals surface area (Å²) in [5.74, 6) is -4.62. The number of hydrogen-bond acceptors (Lipinski definition) is 15. The second-order valence-electron chi connectivity index (χ2n) is 18.6. The first-order valence-electron chi connectivity index (χ1n) is 22.2. The highest BCUT2D eigenvalue weighted by Gasteiger charge is 2.57. The second kappa shape index (κ2) is 19.9. The van der Waals surface area contributed by atoms with Gasteiger partial charge in [0, 0.05) is 41.6 Å². The van der Waals surface area contributed by atoms with E-state index in [1.807, 2.05) is 71.8 Å². The smallest absolute Gasteiger partial charge is 0.311 e. The van der Waals surface area contributed by atoms with Gasteiger partial charge in [-0.25, -0.2) is 13.1 Å². The molecule has 350 valence electrons. The van der Waals surface area contributed by atoms with Crippen LogP contribution in [-0.4, -0.2) is 136 Å². The molecule has 0 saturated carbocycles. The van der Waals surface area contributed by atoms with Crippen LogP contribution in [0.5, 0.6) is 0 Å². The van der Waals surface area contributed by atoms with E-state index in [0.717, 1.165) is 5.39 Å². The number of benzene rings is 2. The molecule has 2 aromatic carbocycles. The van der Waals surface area contributed by atoms with Gasteiger partial charge < -0.3 is 43.3 Å². The summed E-state index contributed by atoms with van der Waals surface area (Å²) >= 11 is 0. The topological polar surface area (TPSA) is 198 Å². The molecule has 14 atom stereocenters. The molecule has 4 saturated heterocycles. The van der Waals surface area contributed by atoms with E-state index in [4.69, 9.17) is 33.3 Å². The highest BCUT2D eigenvalue weighted by Crippen LogP contribution is 2.46. The fourth-order valence-electron chi connectivity index (χ4n) is 10.3. The minimum atomic E-state index is -3.90. The molecule has 63 heavy (non-hydrogen) atoms. The average Bonchev–Trinajstić information content (AvgIpc) is 3.57. The van der Waals surface area contributed by atoms with Gasteiger partial charge in [0.1, 0.15) is 35.9 Å². The van der Waals surface area contributed by atoms with E-state index < -0.39 is 93.5 Å². The van der Waals surface area contributed by atoms with Gasteiger partial charge in [-0.05, 0) is 72.5 Å². The Kier molecular flexibility index (Phi) is 15.4. The summed E-state index contributed by atoms with van der Waals surface area (Å²) in [7, 11) is -0.132. The van der Waals surface area contributed by atoms with Crippen molar-refractivity contribution in [2.45, 2.75) is 140 Å². The maximum atomic E-state index is 14.6. The van der Waals surface area contributed by atoms with Crippen molar-refractivity contribution in [1.29, 1.82) is 0 Å². The van der Waals surface area contributed by atoms with E-state index in [1.165, 1.54) is 0 Å². The molecule has 0 aliphatic carbocycles. The Morgan fingerprint density at radius 3 is 2.41 bits per heavy atom. The fourth-order valence-corrected chi connectivity index (χ4v) is 11.5. The van der Waals surface area contributed by atoms with Gasteiger partial charge in [-0.3, -0.25) is 14.4 Å². The van der Waals surface area contributed by atoms with Gasteiger partial charge in [0.2, 0.25) is 10.0 Å². The number of rotatable bonds is 10. The summed E-state index contributed by atoms with van der Waals surface area (Å²) in [4.78, 5) is 49.7. The van der Waals surface area contributed by atoms with E-state index in [9.17, 15) is 27.9 Å². The van der Waals surface area contributed by atoms with Gasteiger partial charge >= 0.3 is 11.9 Å². The lowest BCUT2D eigenvalue weighted by molar-refractivity contribution is -0.302. The maximum absolute atomic E-state index is 14.6. The third-order valence-corrected chi connectivity index (χ3v) is 15.2. The van der Waals surface area contributed by atoms with Gasteiger partial charge in [-0.1, -0.05) is 69.2 Å². The number of Topliss-reactive ketones (excluding diaryl/α,β-unsaturated/α-hetero) is 1. The number of fused-ring (bicyclic) bond motifs is 5. The zero-order valence-corrected chi connectivity index (χ0v) is 39.1. The molecule has 0 spiro atoms. The predicted octanol–water partition coefficient (Wildman–Crippen LogP) is 4.64. The number of carbonyl (C=O) groups is 3. The van der Waals surface area contributed by atoms with Crippen LogP contribution < -0.4 is 4.72 Å². The lowest BCUT2D eigenvalue weighted by Gasteiger charge is -2.48. The Morgan fingerprint density at radius 1 is 0.984 bits per heavy atom. The molecule has 0 amide bonds. The molecule has 2 aromatic rings. The quantitative estimate of drug-likeness (QED) is 0.190. The molecule has 16 nitrogen and oxygen atoms in total. The largest absolute Gasteiger partial charge is 0.458 e. The molecule has 4 heterocycles. The van der Waals surface area contributed by atoms with Crippen LogP contribution in [0.4, 0.5) is 0 Å². The first-order valence-corrected chi connectivity index (χ1v) is 23.7. The molecule has 6 rings (SSSR count). The van der Waals surface area contributed by atoms with Crippen molar-refractivity contribution < 1.29 is 61.2 Å². The van der Waals surface area contributed by atoms with Gasteiger partial charge in [-0.15, -0.1) is 0 Å². The van der Waals surface area contributed by atoms with Crippen molar-refractivity contribution in [3.63, 3.8) is 0 Å². The fraction of sp³-hybridized carbons (Fsp3) is 0.696. The van der Waals surface area contributed by atoms with Crippen molar-refractivity contribution >= 4 is 44.2 Å². The number of carbonyl (C=O) groups excluding carboxylic acids is 3. The van der Waals surface area contributed by atoms with Crippen LogP contribution in [0.3, 0.4) is 0 Å². The highest BCUT2D eigenvalue weighted by molar-refractivity contribution is 7.89. The standard InChI is InChI=1S/C46H67N3O13S/c1-11-37-46(8)34(22-38(50)62-46)28(4)39(51)26(2)23-45(7)42(61-44-40(52)35(49(9)10)21-27(3)59-44)29(5)41(30(6)43(53)60-37)56-24-32(25-57-45)48-58-20-19-47-63(54,55)36-18-14-16-31-15-12-13-17-33(31)36/h12-18,26-30,34-35,37,40-42,44,47,52H,11,19-25H2,1-10H3/b48-32-/t26-,27-,28-,29+,30-,34+,35+,37-,40-,41+,42-,44+,45-,46+/m1/s1. The zero-order chi connectivity index (χ0) is 46.0. The molecule has 4 aliphatic heterocycles. The number of cyclic esters (lactones) is 1. The van der Waals surface area contributed by atoms with Crippen molar-refractivity contribution in [2.24, 2.45) is 34.7 Å². The maximum Gasteiger partial charge on any atom is 0.311 e. The minimum absolute atomic E-state index is 0.00538. The van der Waals surface area contributed by atoms with Crippen LogP contribution in [0.15, 0.2) is 52.5 Å². The number of sulfonamides is 1. The zero-order valence-electron chi connectivity index (χ0n) is 38.3. The summed E-state index contributed by atoms with van der Waals surface area (Å²) in [6.45, 7) is 14.0. The lowest BCUT2D eigenvalue weighted by Crippen LogP contribution is -2.60. The van der Waals surface area contributed by atoms with E-state index in [1.54, 1.807) is 45.0 Å². The molecule has 4 aliphatic rings.